The van der Waals surface area contributed by atoms with Crippen molar-refractivity contribution in [3.63, 3.8) is 0 Å². The van der Waals surface area contributed by atoms with Gasteiger partial charge in [0.1, 0.15) is 11.9 Å². The number of benzene rings is 1. The molecule has 1 N–H and O–H groups in total. The third-order valence-electron chi connectivity index (χ3n) is 3.00. The topological polar surface area (TPSA) is 42.4 Å². The summed E-state index contributed by atoms with van der Waals surface area (Å²) in [5.41, 5.74) is 3.43. The fourth-order valence-corrected chi connectivity index (χ4v) is 2.27. The molecule has 0 bridgehead atoms. The van der Waals surface area contributed by atoms with Crippen LogP contribution in [0.2, 0.25) is 0 Å². The first-order valence-corrected chi connectivity index (χ1v) is 6.86. The van der Waals surface area contributed by atoms with E-state index in [0.717, 1.165) is 28.3 Å². The summed E-state index contributed by atoms with van der Waals surface area (Å²) in [6, 6.07) is 11.4. The quantitative estimate of drug-likeness (QED) is 0.924. The number of ether oxygens (including phenoxy) is 1. The highest BCUT2D eigenvalue weighted by atomic mass is 16.5. The number of aliphatic hydroxyl groups excluding tert-OH is 1. The number of aryl methyl sites for hydroxylation is 2. The molecule has 106 valence electrons. The van der Waals surface area contributed by atoms with E-state index in [1.165, 1.54) is 0 Å². The predicted molar refractivity (Wildman–Crippen MR) is 80.0 cm³/mol. The van der Waals surface area contributed by atoms with E-state index >= 15 is 0 Å². The molecular formula is C17H21NO2. The Kier molecular flexibility index (Phi) is 4.40. The van der Waals surface area contributed by atoms with Gasteiger partial charge in [-0.25, -0.2) is 0 Å². The summed E-state index contributed by atoms with van der Waals surface area (Å²) in [5, 5.41) is 10.6. The van der Waals surface area contributed by atoms with Gasteiger partial charge < -0.3 is 9.84 Å². The Hall–Kier alpha value is -1.87. The maximum atomic E-state index is 10.6. The van der Waals surface area contributed by atoms with Gasteiger partial charge in [0.2, 0.25) is 0 Å². The second kappa shape index (κ2) is 6.06. The van der Waals surface area contributed by atoms with Crippen LogP contribution in [0.3, 0.4) is 0 Å². The van der Waals surface area contributed by atoms with Crippen molar-refractivity contribution in [3.05, 3.63) is 58.9 Å². The van der Waals surface area contributed by atoms with E-state index in [9.17, 15) is 5.11 Å². The second-order valence-corrected chi connectivity index (χ2v) is 5.29. The van der Waals surface area contributed by atoms with Crippen molar-refractivity contribution >= 4 is 0 Å². The summed E-state index contributed by atoms with van der Waals surface area (Å²) < 4.78 is 5.77. The molecule has 0 aliphatic rings. The molecule has 2 aromatic rings. The Balaban J connectivity index is 2.39. The highest BCUT2D eigenvalue weighted by molar-refractivity contribution is 5.41. The van der Waals surface area contributed by atoms with Crippen LogP contribution in [0.4, 0.5) is 0 Å². The van der Waals surface area contributed by atoms with Crippen LogP contribution in [-0.4, -0.2) is 16.2 Å². The number of para-hydroxylation sites is 1. The van der Waals surface area contributed by atoms with E-state index in [2.05, 4.69) is 4.98 Å². The van der Waals surface area contributed by atoms with E-state index in [0.29, 0.717) is 0 Å². The molecule has 1 unspecified atom stereocenters. The van der Waals surface area contributed by atoms with Crippen LogP contribution < -0.4 is 4.74 Å². The molecule has 0 aliphatic carbocycles. The minimum Gasteiger partial charge on any atom is -0.491 e. The fraction of sp³-hybridized carbons (Fsp3) is 0.353. The Labute approximate surface area is 120 Å². The molecule has 2 rings (SSSR count). The molecular weight excluding hydrogens is 250 g/mol. The van der Waals surface area contributed by atoms with Crippen LogP contribution in [0, 0.1) is 13.8 Å². The van der Waals surface area contributed by atoms with Crippen molar-refractivity contribution in [2.24, 2.45) is 0 Å². The second-order valence-electron chi connectivity index (χ2n) is 5.29. The van der Waals surface area contributed by atoms with Gasteiger partial charge in [0, 0.05) is 17.0 Å². The molecule has 1 heterocycles. The molecule has 3 nitrogen and oxygen atoms in total. The highest BCUT2D eigenvalue weighted by Gasteiger charge is 2.16. The number of hydrogen-bond donors (Lipinski definition) is 1. The smallest absolute Gasteiger partial charge is 0.125 e. The van der Waals surface area contributed by atoms with Crippen molar-refractivity contribution in [1.82, 2.24) is 4.98 Å². The molecule has 1 atom stereocenters. The Morgan fingerprint density at radius 2 is 1.65 bits per heavy atom. The first kappa shape index (κ1) is 14.5. The van der Waals surface area contributed by atoms with Crippen LogP contribution in [0.15, 0.2) is 36.4 Å². The average molecular weight is 271 g/mol. The van der Waals surface area contributed by atoms with Gasteiger partial charge in [-0.05, 0) is 51.5 Å². The third-order valence-corrected chi connectivity index (χ3v) is 3.00. The number of rotatable bonds is 4. The zero-order valence-corrected chi connectivity index (χ0v) is 12.4. The van der Waals surface area contributed by atoms with Gasteiger partial charge in [-0.2, -0.15) is 0 Å². The summed E-state index contributed by atoms with van der Waals surface area (Å²) in [6.45, 7) is 7.81. The largest absolute Gasteiger partial charge is 0.491 e. The number of hydrogen-bond acceptors (Lipinski definition) is 3. The first-order chi connectivity index (χ1) is 9.47. The lowest BCUT2D eigenvalue weighted by molar-refractivity contribution is 0.198. The van der Waals surface area contributed by atoms with Gasteiger partial charge in [-0.3, -0.25) is 4.98 Å². The van der Waals surface area contributed by atoms with Crippen molar-refractivity contribution in [1.29, 1.82) is 0 Å². The number of aromatic nitrogens is 1. The van der Waals surface area contributed by atoms with Crippen molar-refractivity contribution in [2.75, 3.05) is 0 Å². The minimum absolute atomic E-state index is 0.0734. The Morgan fingerprint density at radius 3 is 2.25 bits per heavy atom. The first-order valence-electron chi connectivity index (χ1n) is 6.86. The molecule has 1 aromatic heterocycles. The predicted octanol–water partition coefficient (Wildman–Crippen LogP) is 3.57. The van der Waals surface area contributed by atoms with E-state index in [4.69, 9.17) is 4.74 Å². The SMILES string of the molecule is Cc1cc(C(O)c2ccccc2OC(C)C)cc(C)n1. The van der Waals surface area contributed by atoms with Crippen molar-refractivity contribution < 1.29 is 9.84 Å². The van der Waals surface area contributed by atoms with Crippen LogP contribution in [-0.2, 0) is 0 Å². The Morgan fingerprint density at radius 1 is 1.05 bits per heavy atom. The summed E-state index contributed by atoms with van der Waals surface area (Å²) in [5.74, 6) is 0.724. The van der Waals surface area contributed by atoms with E-state index in [1.807, 2.05) is 64.1 Å². The van der Waals surface area contributed by atoms with Crippen molar-refractivity contribution in [2.45, 2.75) is 39.9 Å². The van der Waals surface area contributed by atoms with E-state index in [1.54, 1.807) is 0 Å². The number of pyridine rings is 1. The summed E-state index contributed by atoms with van der Waals surface area (Å²) >= 11 is 0. The lowest BCUT2D eigenvalue weighted by atomic mass is 10.00. The lowest BCUT2D eigenvalue weighted by Crippen LogP contribution is -2.10. The zero-order valence-electron chi connectivity index (χ0n) is 12.4. The maximum absolute atomic E-state index is 10.6. The number of nitrogens with zero attached hydrogens (tertiary/aromatic N) is 1. The zero-order chi connectivity index (χ0) is 14.7. The summed E-state index contributed by atoms with van der Waals surface area (Å²) in [7, 11) is 0. The lowest BCUT2D eigenvalue weighted by Gasteiger charge is -2.18. The van der Waals surface area contributed by atoms with Crippen LogP contribution >= 0.6 is 0 Å². The molecule has 0 saturated carbocycles. The average Bonchev–Trinajstić information content (AvgIpc) is 2.36. The molecule has 0 saturated heterocycles. The molecule has 0 amide bonds. The molecule has 3 heteroatoms. The fourth-order valence-electron chi connectivity index (χ4n) is 2.27. The minimum atomic E-state index is -0.703. The van der Waals surface area contributed by atoms with Crippen LogP contribution in [0.1, 0.15) is 42.5 Å². The van der Waals surface area contributed by atoms with Gasteiger partial charge in [-0.15, -0.1) is 0 Å². The van der Waals surface area contributed by atoms with Gasteiger partial charge in [-0.1, -0.05) is 18.2 Å². The summed E-state index contributed by atoms with van der Waals surface area (Å²) in [4.78, 5) is 4.34. The van der Waals surface area contributed by atoms with E-state index < -0.39 is 6.10 Å². The van der Waals surface area contributed by atoms with Gasteiger partial charge in [0.25, 0.3) is 0 Å². The Bertz CT molecular complexity index is 573. The van der Waals surface area contributed by atoms with Crippen molar-refractivity contribution in [3.8, 4) is 5.75 Å². The highest BCUT2D eigenvalue weighted by Crippen LogP contribution is 2.30. The van der Waals surface area contributed by atoms with Gasteiger partial charge >= 0.3 is 0 Å². The molecule has 1 aromatic carbocycles. The van der Waals surface area contributed by atoms with Crippen LogP contribution in [0.25, 0.3) is 0 Å². The molecule has 0 radical (unpaired) electrons. The monoisotopic (exact) mass is 271 g/mol. The molecule has 20 heavy (non-hydrogen) atoms. The van der Waals surface area contributed by atoms with E-state index in [-0.39, 0.29) is 6.10 Å². The maximum Gasteiger partial charge on any atom is 0.125 e. The molecule has 0 aliphatic heterocycles. The molecule has 0 spiro atoms. The third kappa shape index (κ3) is 3.36. The van der Waals surface area contributed by atoms with Crippen LogP contribution in [0.5, 0.6) is 5.75 Å². The number of aliphatic hydroxyl groups is 1. The molecule has 0 fully saturated rings. The standard InChI is InChI=1S/C17H21NO2/c1-11(2)20-16-8-6-5-7-15(16)17(19)14-9-12(3)18-13(4)10-14/h5-11,17,19H,1-4H3. The van der Waals surface area contributed by atoms with Gasteiger partial charge in [0.05, 0.1) is 6.10 Å². The summed E-state index contributed by atoms with van der Waals surface area (Å²) in [6.07, 6.45) is -0.630. The van der Waals surface area contributed by atoms with Gasteiger partial charge in [0.15, 0.2) is 0 Å². The normalized spacial score (nSPS) is 12.5.